The van der Waals surface area contributed by atoms with Gasteiger partial charge >= 0.3 is 0 Å². The molecule has 2 N–H and O–H groups in total. The smallest absolute Gasteiger partial charge is 0.258 e. The van der Waals surface area contributed by atoms with Crippen LogP contribution in [0.1, 0.15) is 24.2 Å². The first-order chi connectivity index (χ1) is 13.5. The Bertz CT molecular complexity index is 966. The van der Waals surface area contributed by atoms with Crippen LogP contribution in [0.15, 0.2) is 36.4 Å². The minimum Gasteiger partial charge on any atom is -0.373 e. The number of aromatic nitrogens is 3. The number of halogens is 1. The Balaban J connectivity index is 1.90. The van der Waals surface area contributed by atoms with Crippen molar-refractivity contribution in [2.75, 3.05) is 37.3 Å². The molecule has 0 aliphatic heterocycles. The van der Waals surface area contributed by atoms with Crippen molar-refractivity contribution in [3.8, 4) is 0 Å². The molecule has 0 spiro atoms. The molecule has 8 heteroatoms. The fraction of sp³-hybridized carbons (Fsp3) is 0.350. The van der Waals surface area contributed by atoms with Crippen LogP contribution < -0.4 is 10.6 Å². The highest BCUT2D eigenvalue weighted by molar-refractivity contribution is 6.30. The molecule has 2 aromatic heterocycles. The van der Waals surface area contributed by atoms with Gasteiger partial charge in [0.1, 0.15) is 11.0 Å². The minimum absolute atomic E-state index is 0.257. The standard InChI is InChI=1S/C20H25ClN6O/c1-4-26(5-2)10-11-27-16-9-7-6-8-15(16)23-20(27)25-19(28)14-12-17(21)24-18(13-14)22-3/h6-9,12-13H,4-5,10-11H2,1-3H3,(H,22,24)(H,23,25,28). The first-order valence-electron chi connectivity index (χ1n) is 9.40. The number of rotatable bonds is 8. The maximum Gasteiger partial charge on any atom is 0.258 e. The van der Waals surface area contributed by atoms with Gasteiger partial charge in [-0.25, -0.2) is 9.97 Å². The van der Waals surface area contributed by atoms with Gasteiger partial charge in [0.2, 0.25) is 5.95 Å². The van der Waals surface area contributed by atoms with Crippen LogP contribution in [0, 0.1) is 0 Å². The highest BCUT2D eigenvalue weighted by Crippen LogP contribution is 2.21. The van der Waals surface area contributed by atoms with Crippen LogP contribution in [0.4, 0.5) is 11.8 Å². The lowest BCUT2D eigenvalue weighted by Gasteiger charge is -2.19. The molecular weight excluding hydrogens is 376 g/mol. The first kappa shape index (κ1) is 20.1. The molecule has 3 aromatic rings. The zero-order valence-corrected chi connectivity index (χ0v) is 17.1. The van der Waals surface area contributed by atoms with Gasteiger partial charge in [0.25, 0.3) is 5.91 Å². The number of likely N-dealkylation sites (N-methyl/N-ethyl adjacent to an activating group) is 1. The number of benzene rings is 1. The summed E-state index contributed by atoms with van der Waals surface area (Å²) in [5.74, 6) is 0.783. The van der Waals surface area contributed by atoms with Gasteiger partial charge in [0, 0.05) is 25.7 Å². The van der Waals surface area contributed by atoms with E-state index in [0.717, 1.165) is 37.2 Å². The van der Waals surface area contributed by atoms with E-state index in [4.69, 9.17) is 11.6 Å². The van der Waals surface area contributed by atoms with Crippen molar-refractivity contribution in [3.63, 3.8) is 0 Å². The lowest BCUT2D eigenvalue weighted by atomic mass is 10.2. The number of carbonyl (C=O) groups is 1. The SMILES string of the molecule is CCN(CC)CCn1c(NC(=O)c2cc(Cl)nc(NC)c2)nc2ccccc21. The van der Waals surface area contributed by atoms with E-state index in [2.05, 4.69) is 39.3 Å². The van der Waals surface area contributed by atoms with Crippen LogP contribution >= 0.6 is 11.6 Å². The number of hydrogen-bond donors (Lipinski definition) is 2. The number of para-hydroxylation sites is 2. The second-order valence-corrected chi connectivity index (χ2v) is 6.76. The molecule has 0 atom stereocenters. The number of pyridine rings is 1. The third kappa shape index (κ3) is 4.43. The summed E-state index contributed by atoms with van der Waals surface area (Å²) in [6.07, 6.45) is 0. The van der Waals surface area contributed by atoms with E-state index < -0.39 is 0 Å². The van der Waals surface area contributed by atoms with Crippen molar-refractivity contribution in [3.05, 3.63) is 47.1 Å². The topological polar surface area (TPSA) is 75.1 Å². The highest BCUT2D eigenvalue weighted by Gasteiger charge is 2.16. The number of hydrogen-bond acceptors (Lipinski definition) is 5. The molecule has 148 valence electrons. The van der Waals surface area contributed by atoms with E-state index in [9.17, 15) is 4.79 Å². The molecular formula is C20H25ClN6O. The van der Waals surface area contributed by atoms with Crippen LogP contribution in [0.5, 0.6) is 0 Å². The van der Waals surface area contributed by atoms with Gasteiger partial charge in [-0.05, 0) is 37.4 Å². The Hall–Kier alpha value is -2.64. The van der Waals surface area contributed by atoms with E-state index >= 15 is 0 Å². The van der Waals surface area contributed by atoms with Crippen molar-refractivity contribution < 1.29 is 4.79 Å². The van der Waals surface area contributed by atoms with Gasteiger partial charge in [-0.15, -0.1) is 0 Å². The lowest BCUT2D eigenvalue weighted by molar-refractivity contribution is 0.102. The maximum absolute atomic E-state index is 12.8. The minimum atomic E-state index is -0.278. The maximum atomic E-state index is 12.8. The monoisotopic (exact) mass is 400 g/mol. The zero-order chi connectivity index (χ0) is 20.1. The third-order valence-electron chi connectivity index (χ3n) is 4.73. The number of anilines is 2. The second-order valence-electron chi connectivity index (χ2n) is 6.37. The Morgan fingerprint density at radius 3 is 2.64 bits per heavy atom. The van der Waals surface area contributed by atoms with Crippen molar-refractivity contribution in [2.24, 2.45) is 0 Å². The van der Waals surface area contributed by atoms with E-state index in [1.807, 2.05) is 28.8 Å². The molecule has 1 amide bonds. The Labute approximate surface area is 169 Å². The molecule has 0 unspecified atom stereocenters. The number of carbonyl (C=O) groups excluding carboxylic acids is 1. The largest absolute Gasteiger partial charge is 0.373 e. The van der Waals surface area contributed by atoms with Crippen molar-refractivity contribution in [1.29, 1.82) is 0 Å². The molecule has 0 aliphatic carbocycles. The molecule has 0 saturated heterocycles. The normalized spacial score (nSPS) is 11.2. The summed E-state index contributed by atoms with van der Waals surface area (Å²) in [7, 11) is 1.73. The van der Waals surface area contributed by atoms with E-state index in [1.165, 1.54) is 0 Å². The Morgan fingerprint density at radius 1 is 1.18 bits per heavy atom. The summed E-state index contributed by atoms with van der Waals surface area (Å²) < 4.78 is 2.05. The molecule has 2 heterocycles. The molecule has 0 aliphatic rings. The van der Waals surface area contributed by atoms with Crippen LogP contribution in [0.3, 0.4) is 0 Å². The number of nitrogens with one attached hydrogen (secondary N) is 2. The van der Waals surface area contributed by atoms with Gasteiger partial charge in [-0.2, -0.15) is 0 Å². The first-order valence-corrected chi connectivity index (χ1v) is 9.77. The summed E-state index contributed by atoms with van der Waals surface area (Å²) in [4.78, 5) is 23.9. The number of fused-ring (bicyclic) bond motifs is 1. The molecule has 1 aromatic carbocycles. The second kappa shape index (κ2) is 9.03. The predicted molar refractivity (Wildman–Crippen MR) is 114 cm³/mol. The Morgan fingerprint density at radius 2 is 1.93 bits per heavy atom. The van der Waals surface area contributed by atoms with Crippen molar-refractivity contribution in [1.82, 2.24) is 19.4 Å². The van der Waals surface area contributed by atoms with Crippen LogP contribution in [0.2, 0.25) is 5.15 Å². The molecule has 3 rings (SSSR count). The summed E-state index contributed by atoms with van der Waals surface area (Å²) >= 11 is 6.03. The van der Waals surface area contributed by atoms with Crippen LogP contribution in [-0.2, 0) is 6.54 Å². The van der Waals surface area contributed by atoms with Gasteiger partial charge in [-0.3, -0.25) is 10.1 Å². The number of nitrogens with zero attached hydrogens (tertiary/aromatic N) is 4. The average Bonchev–Trinajstić information content (AvgIpc) is 3.05. The molecule has 0 saturated carbocycles. The van der Waals surface area contributed by atoms with Gasteiger partial charge < -0.3 is 14.8 Å². The number of imidazole rings is 1. The van der Waals surface area contributed by atoms with Crippen LogP contribution in [0.25, 0.3) is 11.0 Å². The van der Waals surface area contributed by atoms with Crippen LogP contribution in [-0.4, -0.2) is 52.0 Å². The molecule has 28 heavy (non-hydrogen) atoms. The van der Waals surface area contributed by atoms with Crippen molar-refractivity contribution >= 4 is 40.3 Å². The van der Waals surface area contributed by atoms with Gasteiger partial charge in [-0.1, -0.05) is 37.6 Å². The van der Waals surface area contributed by atoms with Gasteiger partial charge in [0.15, 0.2) is 0 Å². The van der Waals surface area contributed by atoms with Gasteiger partial charge in [0.05, 0.1) is 11.0 Å². The Kier molecular flexibility index (Phi) is 6.49. The van der Waals surface area contributed by atoms with E-state index in [1.54, 1.807) is 19.2 Å². The molecule has 0 radical (unpaired) electrons. The third-order valence-corrected chi connectivity index (χ3v) is 4.92. The summed E-state index contributed by atoms with van der Waals surface area (Å²) in [6, 6.07) is 11.1. The molecule has 0 fully saturated rings. The molecule has 0 bridgehead atoms. The van der Waals surface area contributed by atoms with E-state index in [0.29, 0.717) is 17.3 Å². The highest BCUT2D eigenvalue weighted by atomic mass is 35.5. The zero-order valence-electron chi connectivity index (χ0n) is 16.4. The quantitative estimate of drug-likeness (QED) is 0.563. The molecule has 7 nitrogen and oxygen atoms in total. The average molecular weight is 401 g/mol. The summed E-state index contributed by atoms with van der Waals surface area (Å²) in [5.41, 5.74) is 2.27. The van der Waals surface area contributed by atoms with E-state index in [-0.39, 0.29) is 11.1 Å². The number of amides is 1. The van der Waals surface area contributed by atoms with Crippen molar-refractivity contribution in [2.45, 2.75) is 20.4 Å². The summed E-state index contributed by atoms with van der Waals surface area (Å²) in [6.45, 7) is 7.85. The fourth-order valence-corrected chi connectivity index (χ4v) is 3.32. The summed E-state index contributed by atoms with van der Waals surface area (Å²) in [5, 5.41) is 6.09. The lowest BCUT2D eigenvalue weighted by Crippen LogP contribution is -2.27. The predicted octanol–water partition coefficient (Wildman–Crippen LogP) is 3.72. The fourth-order valence-electron chi connectivity index (χ4n) is 3.11.